The Morgan fingerprint density at radius 1 is 1.53 bits per heavy atom. The van der Waals surface area contributed by atoms with E-state index in [0.29, 0.717) is 11.5 Å². The highest BCUT2D eigenvalue weighted by molar-refractivity contribution is 5.89. The highest BCUT2D eigenvalue weighted by Gasteiger charge is 2.29. The average Bonchev–Trinajstić information content (AvgIpc) is 3.11. The van der Waals surface area contributed by atoms with E-state index in [-0.39, 0.29) is 12.0 Å². The third kappa shape index (κ3) is 2.18. The molecule has 1 fully saturated rings. The fraction of sp³-hybridized carbons (Fsp3) is 0.417. The van der Waals surface area contributed by atoms with Gasteiger partial charge in [-0.3, -0.25) is 0 Å². The van der Waals surface area contributed by atoms with E-state index in [2.05, 4.69) is 4.74 Å². The number of hydrogen-bond acceptors (Lipinski definition) is 3. The van der Waals surface area contributed by atoms with Crippen LogP contribution in [0.1, 0.15) is 34.8 Å². The molecule has 2 rings (SSSR count). The second-order valence-corrected chi connectivity index (χ2v) is 3.98. The highest BCUT2D eigenvalue weighted by Crippen LogP contribution is 2.39. The van der Waals surface area contributed by atoms with Crippen LogP contribution >= 0.6 is 0 Å². The van der Waals surface area contributed by atoms with E-state index in [1.807, 2.05) is 18.2 Å². The quantitative estimate of drug-likeness (QED) is 0.766. The fourth-order valence-corrected chi connectivity index (χ4v) is 1.72. The molecule has 1 aliphatic carbocycles. The lowest BCUT2D eigenvalue weighted by Gasteiger charge is -2.11. The number of ether oxygens (including phenoxy) is 1. The number of nitrogens with two attached hydrogens (primary N) is 1. The van der Waals surface area contributed by atoms with E-state index >= 15 is 0 Å². The molecule has 0 aliphatic heterocycles. The van der Waals surface area contributed by atoms with Crippen molar-refractivity contribution in [2.75, 3.05) is 7.11 Å². The van der Waals surface area contributed by atoms with Gasteiger partial charge in [-0.05, 0) is 36.5 Å². The van der Waals surface area contributed by atoms with Crippen LogP contribution in [0.5, 0.6) is 0 Å². The normalized spacial score (nSPS) is 17.2. The van der Waals surface area contributed by atoms with Crippen molar-refractivity contribution in [3.05, 3.63) is 35.4 Å². The summed E-state index contributed by atoms with van der Waals surface area (Å²) in [6.07, 6.45) is 2.40. The lowest BCUT2D eigenvalue weighted by molar-refractivity contribution is 0.0600. The molecule has 15 heavy (non-hydrogen) atoms. The van der Waals surface area contributed by atoms with Crippen LogP contribution in [0.2, 0.25) is 0 Å². The molecule has 0 radical (unpaired) electrons. The maximum absolute atomic E-state index is 11.3. The largest absolute Gasteiger partial charge is 0.465 e. The Labute approximate surface area is 89.2 Å². The number of hydrogen-bond donors (Lipinski definition) is 1. The van der Waals surface area contributed by atoms with Crippen LogP contribution in [0.25, 0.3) is 0 Å². The van der Waals surface area contributed by atoms with Crippen LogP contribution in [-0.2, 0) is 4.74 Å². The molecule has 1 aromatic carbocycles. The lowest BCUT2D eigenvalue weighted by Crippen LogP contribution is -2.13. The molecule has 0 aromatic heterocycles. The van der Waals surface area contributed by atoms with E-state index in [0.717, 1.165) is 5.56 Å². The minimum atomic E-state index is -0.306. The molecule has 0 saturated heterocycles. The highest BCUT2D eigenvalue weighted by atomic mass is 16.5. The van der Waals surface area contributed by atoms with Crippen molar-refractivity contribution >= 4 is 5.97 Å². The topological polar surface area (TPSA) is 52.3 Å². The molecule has 0 unspecified atom stereocenters. The summed E-state index contributed by atoms with van der Waals surface area (Å²) in [5, 5.41) is 0. The van der Waals surface area contributed by atoms with Crippen LogP contribution in [-0.4, -0.2) is 13.1 Å². The molecular formula is C12H15NO2. The fourth-order valence-electron chi connectivity index (χ4n) is 1.72. The van der Waals surface area contributed by atoms with Crippen molar-refractivity contribution in [3.63, 3.8) is 0 Å². The summed E-state index contributed by atoms with van der Waals surface area (Å²) in [7, 11) is 1.38. The maximum atomic E-state index is 11.3. The third-order valence-corrected chi connectivity index (χ3v) is 2.82. The summed E-state index contributed by atoms with van der Waals surface area (Å²) < 4.78 is 4.67. The summed E-state index contributed by atoms with van der Waals surface area (Å²) in [6.45, 7) is 0. The molecule has 0 heterocycles. The van der Waals surface area contributed by atoms with Crippen molar-refractivity contribution in [1.29, 1.82) is 0 Å². The van der Waals surface area contributed by atoms with Crippen molar-refractivity contribution in [2.24, 2.45) is 11.7 Å². The van der Waals surface area contributed by atoms with Gasteiger partial charge in [0.15, 0.2) is 0 Å². The predicted molar refractivity (Wildman–Crippen MR) is 57.4 cm³/mol. The summed E-state index contributed by atoms with van der Waals surface area (Å²) >= 11 is 0. The van der Waals surface area contributed by atoms with Crippen molar-refractivity contribution in [2.45, 2.75) is 18.9 Å². The molecule has 1 aromatic rings. The molecule has 1 saturated carbocycles. The first-order chi connectivity index (χ1) is 7.22. The molecule has 3 nitrogen and oxygen atoms in total. The molecule has 0 bridgehead atoms. The van der Waals surface area contributed by atoms with Crippen LogP contribution in [0.15, 0.2) is 24.3 Å². The standard InChI is InChI=1S/C12H15NO2/c1-15-12(14)10-4-2-3-9(7-10)11(13)8-5-6-8/h2-4,7-8,11H,5-6,13H2,1H3/t11-/m1/s1. The Balaban J connectivity index is 2.21. The van der Waals surface area contributed by atoms with Crippen molar-refractivity contribution < 1.29 is 9.53 Å². The van der Waals surface area contributed by atoms with Gasteiger partial charge >= 0.3 is 5.97 Å². The van der Waals surface area contributed by atoms with Gasteiger partial charge in [-0.25, -0.2) is 4.79 Å². The maximum Gasteiger partial charge on any atom is 0.337 e. The van der Waals surface area contributed by atoms with Crippen molar-refractivity contribution in [3.8, 4) is 0 Å². The first-order valence-corrected chi connectivity index (χ1v) is 5.16. The van der Waals surface area contributed by atoms with Gasteiger partial charge in [0.05, 0.1) is 12.7 Å². The number of esters is 1. The van der Waals surface area contributed by atoms with Gasteiger partial charge in [-0.1, -0.05) is 12.1 Å². The van der Waals surface area contributed by atoms with Gasteiger partial charge in [0.2, 0.25) is 0 Å². The number of carbonyl (C=O) groups is 1. The Morgan fingerprint density at radius 2 is 2.27 bits per heavy atom. The number of rotatable bonds is 3. The van der Waals surface area contributed by atoms with Gasteiger partial charge in [0, 0.05) is 6.04 Å². The van der Waals surface area contributed by atoms with Crippen LogP contribution < -0.4 is 5.73 Å². The Bertz CT molecular complexity index is 372. The molecule has 2 N–H and O–H groups in total. The van der Waals surface area contributed by atoms with Crippen molar-refractivity contribution in [1.82, 2.24) is 0 Å². The van der Waals surface area contributed by atoms with Gasteiger partial charge < -0.3 is 10.5 Å². The van der Waals surface area contributed by atoms with Gasteiger partial charge in [0.1, 0.15) is 0 Å². The molecule has 80 valence electrons. The second kappa shape index (κ2) is 4.03. The van der Waals surface area contributed by atoms with Gasteiger partial charge in [-0.15, -0.1) is 0 Å². The number of carbonyl (C=O) groups excluding carboxylic acids is 1. The van der Waals surface area contributed by atoms with Crippen LogP contribution in [0.3, 0.4) is 0 Å². The summed E-state index contributed by atoms with van der Waals surface area (Å²) in [5.74, 6) is 0.290. The Hall–Kier alpha value is -1.35. The van der Waals surface area contributed by atoms with Crippen LogP contribution in [0.4, 0.5) is 0 Å². The van der Waals surface area contributed by atoms with E-state index < -0.39 is 0 Å². The van der Waals surface area contributed by atoms with Gasteiger partial charge in [-0.2, -0.15) is 0 Å². The molecule has 1 atom stereocenters. The van der Waals surface area contributed by atoms with E-state index in [1.165, 1.54) is 20.0 Å². The zero-order valence-corrected chi connectivity index (χ0v) is 8.77. The summed E-state index contributed by atoms with van der Waals surface area (Å²) in [4.78, 5) is 11.3. The van der Waals surface area contributed by atoms with E-state index in [9.17, 15) is 4.79 Å². The SMILES string of the molecule is COC(=O)c1cccc([C@H](N)C2CC2)c1. The van der Waals surface area contributed by atoms with Gasteiger partial charge in [0.25, 0.3) is 0 Å². The van der Waals surface area contributed by atoms with E-state index in [1.54, 1.807) is 6.07 Å². The predicted octanol–water partition coefficient (Wildman–Crippen LogP) is 1.88. The minimum Gasteiger partial charge on any atom is -0.465 e. The first kappa shape index (κ1) is 10.2. The lowest BCUT2D eigenvalue weighted by atomic mass is 10.0. The minimum absolute atomic E-state index is 0.0645. The Kier molecular flexibility index (Phi) is 2.73. The summed E-state index contributed by atoms with van der Waals surface area (Å²) in [6, 6.07) is 7.46. The summed E-state index contributed by atoms with van der Waals surface area (Å²) in [5.41, 5.74) is 7.66. The molecule has 3 heteroatoms. The average molecular weight is 205 g/mol. The van der Waals surface area contributed by atoms with Crippen LogP contribution in [0, 0.1) is 5.92 Å². The monoisotopic (exact) mass is 205 g/mol. The zero-order valence-electron chi connectivity index (χ0n) is 8.77. The van der Waals surface area contributed by atoms with E-state index in [4.69, 9.17) is 5.73 Å². The Morgan fingerprint density at radius 3 is 2.87 bits per heavy atom. The first-order valence-electron chi connectivity index (χ1n) is 5.16. The number of methoxy groups -OCH3 is 1. The smallest absolute Gasteiger partial charge is 0.337 e. The molecular weight excluding hydrogens is 190 g/mol. The molecule has 1 aliphatic rings. The zero-order chi connectivity index (χ0) is 10.8. The third-order valence-electron chi connectivity index (χ3n) is 2.82. The molecule has 0 amide bonds. The number of benzene rings is 1. The second-order valence-electron chi connectivity index (χ2n) is 3.98. The molecule has 0 spiro atoms.